The second kappa shape index (κ2) is 11.3. The average molecular weight is 443 g/mol. The number of nitrogens with two attached hydrogens (primary N) is 2. The molecule has 1 fully saturated rings. The van der Waals surface area contributed by atoms with Gasteiger partial charge in [-0.2, -0.15) is 5.26 Å². The third-order valence-corrected chi connectivity index (χ3v) is 5.65. The highest BCUT2D eigenvalue weighted by Crippen LogP contribution is 2.43. The molecule has 0 unspecified atom stereocenters. The van der Waals surface area contributed by atoms with Gasteiger partial charge in [0.15, 0.2) is 0 Å². The molecule has 166 valence electrons. The number of carbonyl (C=O) groups excluding carboxylic acids is 1. The number of hydrogen-bond donors (Lipinski definition) is 2. The van der Waals surface area contributed by atoms with Gasteiger partial charge in [-0.15, -0.1) is 0 Å². The number of amides is 1. The molecule has 1 aliphatic carbocycles. The van der Waals surface area contributed by atoms with E-state index in [1.165, 1.54) is 6.07 Å². The maximum absolute atomic E-state index is 13.2. The fourth-order valence-electron chi connectivity index (χ4n) is 3.54. The minimum Gasteiger partial charge on any atom is -0.369 e. The topological polar surface area (TPSA) is 96.1 Å². The minimum atomic E-state index is -0.302. The summed E-state index contributed by atoms with van der Waals surface area (Å²) in [5.74, 6) is 0.269. The number of halogens is 1. The highest BCUT2D eigenvalue weighted by molar-refractivity contribution is 7.97. The highest BCUT2D eigenvalue weighted by Gasteiger charge is 2.28. The van der Waals surface area contributed by atoms with Crippen LogP contribution in [0.5, 0.6) is 0 Å². The predicted molar refractivity (Wildman–Crippen MR) is 124 cm³/mol. The number of benzene rings is 2. The molecule has 0 aliphatic heterocycles. The molecule has 2 aromatic rings. The van der Waals surface area contributed by atoms with Crippen molar-refractivity contribution in [1.29, 1.82) is 5.26 Å². The fraction of sp³-hybridized carbons (Fsp3) is 0.417. The molecule has 0 radical (unpaired) electrons. The van der Waals surface area contributed by atoms with Crippen molar-refractivity contribution in [2.24, 2.45) is 10.9 Å². The third-order valence-electron chi connectivity index (χ3n) is 5.06. The first-order valence-electron chi connectivity index (χ1n) is 10.3. The summed E-state index contributed by atoms with van der Waals surface area (Å²) in [5, 5.41) is 14.4. The molecule has 0 bridgehead atoms. The zero-order chi connectivity index (χ0) is 23.1. The van der Waals surface area contributed by atoms with Crippen molar-refractivity contribution in [3.63, 3.8) is 0 Å². The summed E-state index contributed by atoms with van der Waals surface area (Å²) in [4.78, 5) is 13.7. The molecule has 0 spiro atoms. The molecule has 1 saturated carbocycles. The van der Waals surface area contributed by atoms with Gasteiger partial charge in [0.05, 0.1) is 22.9 Å². The van der Waals surface area contributed by atoms with E-state index in [1.807, 2.05) is 37.2 Å². The molecule has 0 saturated heterocycles. The van der Waals surface area contributed by atoms with E-state index in [1.54, 1.807) is 6.07 Å². The fourth-order valence-corrected chi connectivity index (χ4v) is 3.86. The van der Waals surface area contributed by atoms with Gasteiger partial charge in [-0.3, -0.25) is 9.93 Å². The Morgan fingerprint density at radius 3 is 2.42 bits per heavy atom. The molecule has 31 heavy (non-hydrogen) atoms. The summed E-state index contributed by atoms with van der Waals surface area (Å²) in [6, 6.07) is 11.2. The minimum absolute atomic E-state index is 0.244. The van der Waals surface area contributed by atoms with Gasteiger partial charge in [0.25, 0.3) is 0 Å². The molecule has 3 rings (SSSR count). The van der Waals surface area contributed by atoms with Crippen LogP contribution < -0.4 is 10.9 Å². The van der Waals surface area contributed by atoms with Crippen LogP contribution in [0.3, 0.4) is 0 Å². The van der Waals surface area contributed by atoms with E-state index in [9.17, 15) is 9.18 Å². The van der Waals surface area contributed by atoms with E-state index in [-0.39, 0.29) is 18.1 Å². The summed E-state index contributed by atoms with van der Waals surface area (Å²) >= 11 is 0.934. The molecule has 0 heterocycles. The largest absolute Gasteiger partial charge is 0.369 e. The Morgan fingerprint density at radius 2 is 1.97 bits per heavy atom. The van der Waals surface area contributed by atoms with Crippen molar-refractivity contribution >= 4 is 17.9 Å². The Morgan fingerprint density at radius 1 is 1.29 bits per heavy atom. The van der Waals surface area contributed by atoms with Crippen LogP contribution in [0.2, 0.25) is 0 Å². The van der Waals surface area contributed by atoms with Gasteiger partial charge in [-0.1, -0.05) is 19.9 Å². The molecule has 5 nitrogen and oxygen atoms in total. The number of carbonyl (C=O) groups is 1. The monoisotopic (exact) mass is 442 g/mol. The lowest BCUT2D eigenvalue weighted by Gasteiger charge is -2.17. The quantitative estimate of drug-likeness (QED) is 0.618. The normalized spacial score (nSPS) is 13.0. The first kappa shape index (κ1) is 24.9. The van der Waals surface area contributed by atoms with Crippen LogP contribution in [0.25, 0.3) is 0 Å². The Balaban J connectivity index is 0.000000233. The van der Waals surface area contributed by atoms with Gasteiger partial charge in [-0.25, -0.2) is 4.39 Å². The Bertz CT molecular complexity index is 942. The van der Waals surface area contributed by atoms with Crippen LogP contribution in [0.15, 0.2) is 35.2 Å². The van der Waals surface area contributed by atoms with E-state index in [4.69, 9.17) is 16.1 Å². The van der Waals surface area contributed by atoms with Crippen LogP contribution in [0, 0.1) is 17.1 Å². The van der Waals surface area contributed by atoms with Gasteiger partial charge in [-0.05, 0) is 97.2 Å². The van der Waals surface area contributed by atoms with Gasteiger partial charge in [0, 0.05) is 6.54 Å². The van der Waals surface area contributed by atoms with Crippen LogP contribution in [-0.2, 0) is 17.8 Å². The van der Waals surface area contributed by atoms with E-state index in [0.717, 1.165) is 53.6 Å². The van der Waals surface area contributed by atoms with Crippen LogP contribution >= 0.6 is 11.9 Å². The van der Waals surface area contributed by atoms with Gasteiger partial charge in [0.1, 0.15) is 5.82 Å². The van der Waals surface area contributed by atoms with Crippen molar-refractivity contribution in [3.05, 3.63) is 64.0 Å². The standard InChI is InChI=1S/C15H18N2O.C9H13FN2S/c1-9(2)12-5-10(8-16)6-13(11-3-4-11)14(12)7-15(17)18;1-12(2)6-7-3-4-9(13-11)8(10)5-7/h5-6,9,11H,3-4,7H2,1-2H3,(H2,17,18);3-5H,6,11H2,1-2H3. The lowest BCUT2D eigenvalue weighted by Crippen LogP contribution is -2.17. The zero-order valence-corrected chi connectivity index (χ0v) is 19.4. The lowest BCUT2D eigenvalue weighted by molar-refractivity contribution is -0.117. The maximum Gasteiger partial charge on any atom is 0.221 e. The van der Waals surface area contributed by atoms with Gasteiger partial charge < -0.3 is 10.6 Å². The molecule has 4 N–H and O–H groups in total. The summed E-state index contributed by atoms with van der Waals surface area (Å²) < 4.78 is 13.2. The van der Waals surface area contributed by atoms with Crippen molar-refractivity contribution in [2.75, 3.05) is 14.1 Å². The smallest absolute Gasteiger partial charge is 0.221 e. The maximum atomic E-state index is 13.2. The molecule has 2 aromatic carbocycles. The number of rotatable bonds is 7. The van der Waals surface area contributed by atoms with Crippen molar-refractivity contribution < 1.29 is 9.18 Å². The molecule has 0 aromatic heterocycles. The lowest BCUT2D eigenvalue weighted by atomic mass is 9.87. The summed E-state index contributed by atoms with van der Waals surface area (Å²) in [6.07, 6.45) is 2.58. The van der Waals surface area contributed by atoms with Crippen molar-refractivity contribution in [2.45, 2.75) is 56.4 Å². The van der Waals surface area contributed by atoms with Crippen LogP contribution in [-0.4, -0.2) is 24.9 Å². The van der Waals surface area contributed by atoms with E-state index < -0.39 is 0 Å². The Hall–Kier alpha value is -2.40. The van der Waals surface area contributed by atoms with Gasteiger partial charge in [0.2, 0.25) is 5.91 Å². The Kier molecular flexibility index (Phi) is 9.05. The molecule has 1 amide bonds. The summed E-state index contributed by atoms with van der Waals surface area (Å²) in [6.45, 7) is 4.90. The number of hydrogen-bond acceptors (Lipinski definition) is 5. The number of primary amides is 1. The van der Waals surface area contributed by atoms with Crippen molar-refractivity contribution in [3.8, 4) is 6.07 Å². The third kappa shape index (κ3) is 7.35. The molecule has 1 aliphatic rings. The Labute approximate surface area is 188 Å². The van der Waals surface area contributed by atoms with E-state index >= 15 is 0 Å². The van der Waals surface area contributed by atoms with E-state index in [0.29, 0.717) is 22.3 Å². The molecule has 0 atom stereocenters. The first-order chi connectivity index (χ1) is 14.7. The molecular formula is C24H31FN4OS. The predicted octanol–water partition coefficient (Wildman–Crippen LogP) is 4.44. The van der Waals surface area contributed by atoms with E-state index in [2.05, 4.69) is 19.9 Å². The summed E-state index contributed by atoms with van der Waals surface area (Å²) in [5.41, 5.74) is 10.3. The molecular weight excluding hydrogens is 411 g/mol. The zero-order valence-electron chi connectivity index (χ0n) is 18.6. The highest BCUT2D eigenvalue weighted by atomic mass is 32.2. The summed E-state index contributed by atoms with van der Waals surface area (Å²) in [7, 11) is 3.90. The SMILES string of the molecule is CC(C)c1cc(C#N)cc(C2CC2)c1CC(N)=O.CN(C)Cc1ccc(SN)c(F)c1. The first-order valence-corrected chi connectivity index (χ1v) is 11.2. The van der Waals surface area contributed by atoms with Crippen LogP contribution in [0.4, 0.5) is 4.39 Å². The second-order valence-corrected chi connectivity index (χ2v) is 9.11. The number of nitriles is 1. The van der Waals surface area contributed by atoms with Gasteiger partial charge >= 0.3 is 0 Å². The molecule has 7 heteroatoms. The number of nitrogens with zero attached hydrogens (tertiary/aromatic N) is 2. The van der Waals surface area contributed by atoms with Crippen LogP contribution in [0.1, 0.15) is 66.3 Å². The van der Waals surface area contributed by atoms with Crippen molar-refractivity contribution in [1.82, 2.24) is 4.90 Å². The average Bonchev–Trinajstić information content (AvgIpc) is 3.53. The second-order valence-electron chi connectivity index (χ2n) is 8.44.